The number of nitrogens with zero attached hydrogens (tertiary/aromatic N) is 4. The molecule has 2 aliphatic heterocycles. The maximum atomic E-state index is 12.4. The molecule has 8 nitrogen and oxygen atoms in total. The minimum absolute atomic E-state index is 0.0541. The second kappa shape index (κ2) is 8.83. The smallest absolute Gasteiger partial charge is 0.235 e. The van der Waals surface area contributed by atoms with Crippen molar-refractivity contribution >= 4 is 21.6 Å². The minimum Gasteiger partial charge on any atom is -0.457 e. The zero-order valence-corrected chi connectivity index (χ0v) is 20.5. The summed E-state index contributed by atoms with van der Waals surface area (Å²) in [5, 5.41) is 1.04. The molecule has 0 amide bonds. The van der Waals surface area contributed by atoms with Crippen LogP contribution >= 0.6 is 0 Å². The molecule has 2 fully saturated rings. The third-order valence-electron chi connectivity index (χ3n) is 7.41. The number of nitrogen functional groups attached to an aromatic ring is 1. The van der Waals surface area contributed by atoms with Crippen LogP contribution in [0.3, 0.4) is 0 Å². The number of nitrogens with two attached hydrogens (primary N) is 1. The van der Waals surface area contributed by atoms with Gasteiger partial charge in [-0.1, -0.05) is 24.8 Å². The molecule has 0 bridgehead atoms. The van der Waals surface area contributed by atoms with Crippen LogP contribution < -0.4 is 10.5 Å². The van der Waals surface area contributed by atoms with Crippen LogP contribution in [0.4, 0.5) is 5.82 Å². The van der Waals surface area contributed by atoms with Crippen LogP contribution in [0.15, 0.2) is 77.9 Å². The summed E-state index contributed by atoms with van der Waals surface area (Å²) in [4.78, 5) is 14.0. The van der Waals surface area contributed by atoms with Crippen LogP contribution in [0.25, 0.3) is 0 Å². The van der Waals surface area contributed by atoms with Crippen LogP contribution in [0.1, 0.15) is 35.6 Å². The van der Waals surface area contributed by atoms with E-state index in [0.29, 0.717) is 18.9 Å². The van der Waals surface area contributed by atoms with E-state index in [1.807, 2.05) is 54.6 Å². The predicted octanol–water partition coefficient (Wildman–Crippen LogP) is 3.97. The summed E-state index contributed by atoms with van der Waals surface area (Å²) in [6, 6.07) is 17.5. The van der Waals surface area contributed by atoms with E-state index in [2.05, 4.69) is 16.5 Å². The average Bonchev–Trinajstić information content (AvgIpc) is 3.64. The van der Waals surface area contributed by atoms with Crippen molar-refractivity contribution in [2.75, 3.05) is 18.8 Å². The van der Waals surface area contributed by atoms with Crippen molar-refractivity contribution in [1.29, 1.82) is 0 Å². The minimum atomic E-state index is -3.44. The molecule has 2 aromatic carbocycles. The maximum Gasteiger partial charge on any atom is 0.235 e. The molecule has 3 aliphatic rings. The van der Waals surface area contributed by atoms with Gasteiger partial charge < -0.3 is 10.5 Å². The molecule has 6 rings (SSSR count). The summed E-state index contributed by atoms with van der Waals surface area (Å²) in [6.07, 6.45) is 3.30. The SMILES string of the molecule is C=CS(=O)(=O)N1CCCC(C2C3N=C(c4ccc(Oc5ccccc5)cc4)c4c(N)ncnc4C32)C1. The Bertz CT molecular complexity index is 1440. The van der Waals surface area contributed by atoms with Crippen molar-refractivity contribution in [3.63, 3.8) is 0 Å². The molecular weight excluding hydrogens is 474 g/mol. The van der Waals surface area contributed by atoms with E-state index >= 15 is 0 Å². The fourth-order valence-electron chi connectivity index (χ4n) is 5.67. The summed E-state index contributed by atoms with van der Waals surface area (Å²) >= 11 is 0. The van der Waals surface area contributed by atoms with Crippen LogP contribution in [-0.4, -0.2) is 47.5 Å². The van der Waals surface area contributed by atoms with Crippen LogP contribution in [-0.2, 0) is 10.0 Å². The molecule has 3 heterocycles. The first kappa shape index (κ1) is 22.9. The summed E-state index contributed by atoms with van der Waals surface area (Å²) in [6.45, 7) is 4.50. The molecule has 1 aliphatic carbocycles. The van der Waals surface area contributed by atoms with E-state index in [9.17, 15) is 8.42 Å². The molecule has 4 atom stereocenters. The molecule has 1 aromatic heterocycles. The highest BCUT2D eigenvalue weighted by Crippen LogP contribution is 2.59. The Morgan fingerprint density at radius 3 is 2.56 bits per heavy atom. The summed E-state index contributed by atoms with van der Waals surface area (Å²) < 4.78 is 32.3. The normalized spacial score (nSPS) is 25.3. The van der Waals surface area contributed by atoms with E-state index in [0.717, 1.165) is 52.3 Å². The van der Waals surface area contributed by atoms with Crippen molar-refractivity contribution in [3.05, 3.63) is 89.7 Å². The Hall–Kier alpha value is -3.56. The maximum absolute atomic E-state index is 12.4. The van der Waals surface area contributed by atoms with Gasteiger partial charge in [-0.3, -0.25) is 4.99 Å². The Morgan fingerprint density at radius 1 is 1.06 bits per heavy atom. The van der Waals surface area contributed by atoms with E-state index in [1.54, 1.807) is 4.31 Å². The van der Waals surface area contributed by atoms with Gasteiger partial charge in [0, 0.05) is 30.0 Å². The van der Waals surface area contributed by atoms with Gasteiger partial charge in [-0.25, -0.2) is 18.4 Å². The fourth-order valence-corrected chi connectivity index (χ4v) is 6.67. The third kappa shape index (κ3) is 3.98. The highest BCUT2D eigenvalue weighted by Gasteiger charge is 2.59. The second-order valence-corrected chi connectivity index (χ2v) is 11.4. The molecule has 0 spiro atoms. The lowest BCUT2D eigenvalue weighted by Gasteiger charge is -2.31. The molecule has 9 heteroatoms. The number of aliphatic imine (C=N–C) groups is 1. The summed E-state index contributed by atoms with van der Waals surface area (Å²) in [7, 11) is -3.44. The molecule has 4 unspecified atom stereocenters. The zero-order valence-electron chi connectivity index (χ0n) is 19.7. The second-order valence-electron chi connectivity index (χ2n) is 9.50. The molecule has 3 aromatic rings. The van der Waals surface area contributed by atoms with Gasteiger partial charge in [-0.05, 0) is 61.1 Å². The first-order valence-electron chi connectivity index (χ1n) is 12.1. The van der Waals surface area contributed by atoms with E-state index < -0.39 is 10.0 Å². The summed E-state index contributed by atoms with van der Waals surface area (Å²) in [5.74, 6) is 2.47. The van der Waals surface area contributed by atoms with Crippen molar-refractivity contribution < 1.29 is 13.2 Å². The lowest BCUT2D eigenvalue weighted by Crippen LogP contribution is -2.39. The number of para-hydroxylation sites is 1. The van der Waals surface area contributed by atoms with Crippen LogP contribution in [0.5, 0.6) is 11.5 Å². The predicted molar refractivity (Wildman–Crippen MR) is 138 cm³/mol. The average molecular weight is 502 g/mol. The largest absolute Gasteiger partial charge is 0.457 e. The van der Waals surface area contributed by atoms with Crippen molar-refractivity contribution in [3.8, 4) is 11.5 Å². The number of piperidine rings is 1. The third-order valence-corrected chi connectivity index (χ3v) is 8.89. The van der Waals surface area contributed by atoms with Gasteiger partial charge in [-0.15, -0.1) is 0 Å². The first-order valence-corrected chi connectivity index (χ1v) is 13.6. The number of rotatable bonds is 6. The van der Waals surface area contributed by atoms with Gasteiger partial charge in [0.1, 0.15) is 23.6 Å². The van der Waals surface area contributed by atoms with Crippen LogP contribution in [0.2, 0.25) is 0 Å². The highest BCUT2D eigenvalue weighted by molar-refractivity contribution is 7.92. The van der Waals surface area contributed by atoms with Crippen molar-refractivity contribution in [2.45, 2.75) is 24.8 Å². The Kier molecular flexibility index (Phi) is 5.61. The lowest BCUT2D eigenvalue weighted by atomic mass is 9.91. The van der Waals surface area contributed by atoms with Crippen LogP contribution in [0, 0.1) is 11.8 Å². The Morgan fingerprint density at radius 2 is 1.81 bits per heavy atom. The van der Waals surface area contributed by atoms with Gasteiger partial charge in [-0.2, -0.15) is 4.31 Å². The molecule has 36 heavy (non-hydrogen) atoms. The van der Waals surface area contributed by atoms with Gasteiger partial charge in [0.15, 0.2) is 0 Å². The molecule has 1 saturated carbocycles. The monoisotopic (exact) mass is 501 g/mol. The molecule has 0 radical (unpaired) electrons. The number of sulfonamides is 1. The van der Waals surface area contributed by atoms with Crippen molar-refractivity contribution in [2.24, 2.45) is 16.8 Å². The van der Waals surface area contributed by atoms with Gasteiger partial charge >= 0.3 is 0 Å². The standard InChI is InChI=1S/C27H27N5O3S/c1-2-36(33,34)32-14-6-7-18(15-32)21-22-25-23(27(28)30-16-29-25)24(31-26(21)22)17-10-12-20(13-11-17)35-19-8-4-3-5-9-19/h2-5,8-13,16,18,21-22,26H,1,6-7,14-15H2,(H2,28,29,30). The molecule has 2 N–H and O–H groups in total. The van der Waals surface area contributed by atoms with E-state index in [-0.39, 0.29) is 23.8 Å². The van der Waals surface area contributed by atoms with Gasteiger partial charge in [0.05, 0.1) is 23.0 Å². The number of hydrogen-bond donors (Lipinski definition) is 1. The quantitative estimate of drug-likeness (QED) is 0.547. The Balaban J connectivity index is 1.30. The zero-order chi connectivity index (χ0) is 24.9. The number of hydrogen-bond acceptors (Lipinski definition) is 7. The van der Waals surface area contributed by atoms with Crippen molar-refractivity contribution in [1.82, 2.24) is 14.3 Å². The lowest BCUT2D eigenvalue weighted by molar-refractivity contribution is 0.242. The van der Waals surface area contributed by atoms with E-state index in [1.165, 1.54) is 6.33 Å². The number of fused-ring (bicyclic) bond motifs is 3. The number of anilines is 1. The first-order chi connectivity index (χ1) is 17.5. The van der Waals surface area contributed by atoms with Gasteiger partial charge in [0.25, 0.3) is 0 Å². The topological polar surface area (TPSA) is 111 Å². The Labute approximate surface area is 210 Å². The fraction of sp³-hybridized carbons (Fsp3) is 0.296. The summed E-state index contributed by atoms with van der Waals surface area (Å²) in [5.41, 5.74) is 9.74. The highest BCUT2D eigenvalue weighted by atomic mass is 32.2. The molecular formula is C27H27N5O3S. The number of ether oxygens (including phenoxy) is 1. The van der Waals surface area contributed by atoms with E-state index in [4.69, 9.17) is 15.5 Å². The number of aromatic nitrogens is 2. The number of benzene rings is 2. The van der Waals surface area contributed by atoms with Gasteiger partial charge in [0.2, 0.25) is 10.0 Å². The molecule has 1 saturated heterocycles. The molecule has 184 valence electrons.